The Morgan fingerprint density at radius 3 is 2.12 bits per heavy atom. The smallest absolute Gasteiger partial charge is 0.333 e. The van der Waals surface area contributed by atoms with E-state index in [1.165, 1.54) is 0 Å². The van der Waals surface area contributed by atoms with E-state index in [-0.39, 0.29) is 25.6 Å². The molecule has 0 aliphatic heterocycles. The summed E-state index contributed by atoms with van der Waals surface area (Å²) >= 11 is 0. The summed E-state index contributed by atoms with van der Waals surface area (Å²) in [6.07, 6.45) is 2.35. The molecule has 0 saturated heterocycles. The summed E-state index contributed by atoms with van der Waals surface area (Å²) in [6.45, 7) is 10.6. The second-order valence-corrected chi connectivity index (χ2v) is 6.93. The van der Waals surface area contributed by atoms with Crippen LogP contribution in [0.2, 0.25) is 0 Å². The van der Waals surface area contributed by atoms with Crippen LogP contribution in [0, 0.1) is 0 Å². The third kappa shape index (κ3) is 14.4. The standard InChI is InChI=1S/C24H36O8/c1-4-29-21-9-7-10-22(19-21)30-17-15-27-12-5-6-13-28-16-18-31-23(25)11-8-14-32-24(26)20(2)3/h7,9-10,19H,2,4-6,8,11-18H2,1,3H3. The number of rotatable bonds is 19. The number of carbonyl (C=O) groups excluding carboxylic acids is 2. The monoisotopic (exact) mass is 452 g/mol. The molecule has 0 heterocycles. The van der Waals surface area contributed by atoms with Crippen molar-refractivity contribution in [3.8, 4) is 11.5 Å². The highest BCUT2D eigenvalue weighted by molar-refractivity contribution is 5.86. The van der Waals surface area contributed by atoms with Crippen LogP contribution in [0.4, 0.5) is 0 Å². The predicted octanol–water partition coefficient (Wildman–Crippen LogP) is 3.72. The molecule has 0 amide bonds. The van der Waals surface area contributed by atoms with Crippen molar-refractivity contribution < 1.29 is 38.0 Å². The van der Waals surface area contributed by atoms with Crippen molar-refractivity contribution in [2.45, 2.75) is 39.5 Å². The van der Waals surface area contributed by atoms with E-state index in [1.807, 2.05) is 31.2 Å². The number of hydrogen-bond acceptors (Lipinski definition) is 8. The Hall–Kier alpha value is -2.58. The van der Waals surface area contributed by atoms with Crippen LogP contribution in [0.15, 0.2) is 36.4 Å². The minimum atomic E-state index is -0.450. The molecule has 8 nitrogen and oxygen atoms in total. The topological polar surface area (TPSA) is 89.5 Å². The molecule has 0 fully saturated rings. The minimum Gasteiger partial charge on any atom is -0.494 e. The van der Waals surface area contributed by atoms with E-state index in [0.29, 0.717) is 51.6 Å². The van der Waals surface area contributed by atoms with Gasteiger partial charge in [-0.05, 0) is 45.2 Å². The Labute approximate surface area is 190 Å². The molecule has 0 aromatic heterocycles. The van der Waals surface area contributed by atoms with Crippen molar-refractivity contribution in [2.75, 3.05) is 52.9 Å². The van der Waals surface area contributed by atoms with Gasteiger partial charge in [0, 0.05) is 31.3 Å². The first-order valence-corrected chi connectivity index (χ1v) is 11.0. The van der Waals surface area contributed by atoms with Crippen LogP contribution in [-0.2, 0) is 28.5 Å². The maximum atomic E-state index is 11.5. The lowest BCUT2D eigenvalue weighted by molar-refractivity contribution is -0.147. The second-order valence-electron chi connectivity index (χ2n) is 6.93. The zero-order chi connectivity index (χ0) is 23.4. The van der Waals surface area contributed by atoms with Crippen molar-refractivity contribution in [1.82, 2.24) is 0 Å². The summed E-state index contributed by atoms with van der Waals surface area (Å²) in [6, 6.07) is 7.54. The Bertz CT molecular complexity index is 674. The molecule has 0 atom stereocenters. The SMILES string of the molecule is C=C(C)C(=O)OCCCC(=O)OCCOCCCCOCCOc1cccc(OCC)c1. The maximum Gasteiger partial charge on any atom is 0.333 e. The largest absolute Gasteiger partial charge is 0.494 e. The van der Waals surface area contributed by atoms with Gasteiger partial charge in [-0.3, -0.25) is 4.79 Å². The van der Waals surface area contributed by atoms with Crippen LogP contribution < -0.4 is 9.47 Å². The first kappa shape index (κ1) is 27.5. The number of hydrogen-bond donors (Lipinski definition) is 0. The molecule has 0 N–H and O–H groups in total. The molecule has 0 unspecified atom stereocenters. The lowest BCUT2D eigenvalue weighted by Crippen LogP contribution is -2.13. The summed E-state index contributed by atoms with van der Waals surface area (Å²) in [4.78, 5) is 22.7. The summed E-state index contributed by atoms with van der Waals surface area (Å²) in [5.74, 6) is 0.775. The molecule has 180 valence electrons. The van der Waals surface area contributed by atoms with Gasteiger partial charge in [-0.2, -0.15) is 0 Å². The van der Waals surface area contributed by atoms with Gasteiger partial charge in [0.1, 0.15) is 24.7 Å². The van der Waals surface area contributed by atoms with Crippen LogP contribution in [0.25, 0.3) is 0 Å². The zero-order valence-electron chi connectivity index (χ0n) is 19.3. The molecule has 8 heteroatoms. The van der Waals surface area contributed by atoms with Crippen LogP contribution in [0.1, 0.15) is 39.5 Å². The third-order valence-corrected chi connectivity index (χ3v) is 4.04. The molecule has 0 radical (unpaired) electrons. The molecule has 0 saturated carbocycles. The quantitative estimate of drug-likeness (QED) is 0.178. The number of benzene rings is 1. The lowest BCUT2D eigenvalue weighted by Gasteiger charge is -2.09. The fourth-order valence-corrected chi connectivity index (χ4v) is 2.44. The molecular formula is C24H36O8. The van der Waals surface area contributed by atoms with Crippen molar-refractivity contribution >= 4 is 11.9 Å². The van der Waals surface area contributed by atoms with E-state index in [9.17, 15) is 9.59 Å². The fourth-order valence-electron chi connectivity index (χ4n) is 2.44. The van der Waals surface area contributed by atoms with E-state index < -0.39 is 5.97 Å². The van der Waals surface area contributed by atoms with Gasteiger partial charge in [0.25, 0.3) is 0 Å². The molecule has 0 bridgehead atoms. The van der Waals surface area contributed by atoms with Crippen molar-refractivity contribution in [3.05, 3.63) is 36.4 Å². The van der Waals surface area contributed by atoms with Crippen LogP contribution in [0.3, 0.4) is 0 Å². The first-order valence-electron chi connectivity index (χ1n) is 11.0. The van der Waals surface area contributed by atoms with Gasteiger partial charge in [-0.1, -0.05) is 12.6 Å². The molecule has 1 aromatic carbocycles. The zero-order valence-corrected chi connectivity index (χ0v) is 19.3. The highest BCUT2D eigenvalue weighted by Crippen LogP contribution is 2.19. The maximum absolute atomic E-state index is 11.5. The van der Waals surface area contributed by atoms with E-state index in [2.05, 4.69) is 6.58 Å². The van der Waals surface area contributed by atoms with Crippen LogP contribution >= 0.6 is 0 Å². The second kappa shape index (κ2) is 18.0. The van der Waals surface area contributed by atoms with Crippen molar-refractivity contribution in [1.29, 1.82) is 0 Å². The summed E-state index contributed by atoms with van der Waals surface area (Å²) in [5.41, 5.74) is 0.338. The molecular weight excluding hydrogens is 416 g/mol. The summed E-state index contributed by atoms with van der Waals surface area (Å²) in [7, 11) is 0. The van der Waals surface area contributed by atoms with Gasteiger partial charge in [0.05, 0.1) is 26.4 Å². The van der Waals surface area contributed by atoms with Crippen LogP contribution in [0.5, 0.6) is 11.5 Å². The third-order valence-electron chi connectivity index (χ3n) is 4.04. The van der Waals surface area contributed by atoms with E-state index in [4.69, 9.17) is 28.4 Å². The van der Waals surface area contributed by atoms with Gasteiger partial charge in [-0.25, -0.2) is 4.79 Å². The Balaban J connectivity index is 1.86. The molecule has 0 spiro atoms. The van der Waals surface area contributed by atoms with Crippen molar-refractivity contribution in [3.63, 3.8) is 0 Å². The van der Waals surface area contributed by atoms with Gasteiger partial charge in [-0.15, -0.1) is 0 Å². The Morgan fingerprint density at radius 1 is 0.812 bits per heavy atom. The van der Waals surface area contributed by atoms with Gasteiger partial charge >= 0.3 is 11.9 Å². The highest BCUT2D eigenvalue weighted by Gasteiger charge is 2.06. The summed E-state index contributed by atoms with van der Waals surface area (Å²) in [5, 5.41) is 0. The molecule has 0 aliphatic carbocycles. The fraction of sp³-hybridized carbons (Fsp3) is 0.583. The van der Waals surface area contributed by atoms with E-state index >= 15 is 0 Å². The average Bonchev–Trinajstić information content (AvgIpc) is 2.77. The number of carbonyl (C=O) groups is 2. The predicted molar refractivity (Wildman–Crippen MR) is 120 cm³/mol. The first-order chi connectivity index (χ1) is 15.5. The Kier molecular flexibility index (Phi) is 15.5. The molecule has 1 aromatic rings. The molecule has 1 rings (SSSR count). The number of unbranched alkanes of at least 4 members (excludes halogenated alkanes) is 1. The summed E-state index contributed by atoms with van der Waals surface area (Å²) < 4.78 is 32.0. The van der Waals surface area contributed by atoms with Gasteiger partial charge < -0.3 is 28.4 Å². The van der Waals surface area contributed by atoms with Gasteiger partial charge in [0.2, 0.25) is 0 Å². The van der Waals surface area contributed by atoms with E-state index in [1.54, 1.807) is 6.92 Å². The van der Waals surface area contributed by atoms with Crippen molar-refractivity contribution in [2.24, 2.45) is 0 Å². The Morgan fingerprint density at radius 2 is 1.47 bits per heavy atom. The normalized spacial score (nSPS) is 10.4. The molecule has 32 heavy (non-hydrogen) atoms. The highest BCUT2D eigenvalue weighted by atomic mass is 16.6. The van der Waals surface area contributed by atoms with Gasteiger partial charge in [0.15, 0.2) is 0 Å². The number of esters is 2. The minimum absolute atomic E-state index is 0.173. The number of ether oxygens (including phenoxy) is 6. The molecule has 0 aliphatic rings. The lowest BCUT2D eigenvalue weighted by atomic mass is 10.3. The van der Waals surface area contributed by atoms with E-state index in [0.717, 1.165) is 24.3 Å². The van der Waals surface area contributed by atoms with Crippen LogP contribution in [-0.4, -0.2) is 64.8 Å². The average molecular weight is 453 g/mol.